The van der Waals surface area contributed by atoms with Gasteiger partial charge in [0.05, 0.1) is 12.2 Å². The summed E-state index contributed by atoms with van der Waals surface area (Å²) < 4.78 is 26.7. The van der Waals surface area contributed by atoms with Gasteiger partial charge >= 0.3 is 0 Å². The van der Waals surface area contributed by atoms with Crippen LogP contribution in [0.25, 0.3) is 0 Å². The lowest BCUT2D eigenvalue weighted by molar-refractivity contribution is -0.116. The van der Waals surface area contributed by atoms with Gasteiger partial charge in [-0.05, 0) is 42.7 Å². The molecule has 3 rings (SSSR count). The molecule has 0 aliphatic carbocycles. The third-order valence-electron chi connectivity index (χ3n) is 4.12. The second kappa shape index (κ2) is 7.42. The molecule has 0 unspecified atom stereocenters. The number of allylic oxidation sites excluding steroid dienone is 4. The van der Waals surface area contributed by atoms with Gasteiger partial charge in [0.1, 0.15) is 11.6 Å². The summed E-state index contributed by atoms with van der Waals surface area (Å²) in [7, 11) is 0. The van der Waals surface area contributed by atoms with Crippen molar-refractivity contribution in [1.82, 2.24) is 4.90 Å². The Morgan fingerprint density at radius 3 is 2.92 bits per heavy atom. The Morgan fingerprint density at radius 1 is 1.36 bits per heavy atom. The summed E-state index contributed by atoms with van der Waals surface area (Å²) in [4.78, 5) is 18.5. The molecular formula is C19H19F2N3O. The van der Waals surface area contributed by atoms with Gasteiger partial charge in [0.2, 0.25) is 5.91 Å². The van der Waals surface area contributed by atoms with E-state index in [0.717, 1.165) is 41.9 Å². The van der Waals surface area contributed by atoms with Gasteiger partial charge in [-0.25, -0.2) is 8.78 Å². The molecule has 0 saturated carbocycles. The number of dihydropyridines is 1. The Kier molecular flexibility index (Phi) is 5.07. The fourth-order valence-electron chi connectivity index (χ4n) is 3.01. The number of nitrogens with one attached hydrogen (secondary N) is 1. The summed E-state index contributed by atoms with van der Waals surface area (Å²) in [5.74, 6) is -1.82. The van der Waals surface area contributed by atoms with Gasteiger partial charge in [-0.3, -0.25) is 9.79 Å². The van der Waals surface area contributed by atoms with E-state index in [-0.39, 0.29) is 18.1 Å². The Hall–Kier alpha value is -2.76. The Morgan fingerprint density at radius 2 is 2.20 bits per heavy atom. The number of amides is 1. The maximum absolute atomic E-state index is 13.7. The van der Waals surface area contributed by atoms with Gasteiger partial charge in [-0.1, -0.05) is 12.2 Å². The van der Waals surface area contributed by atoms with Crippen LogP contribution in [0.15, 0.2) is 58.3 Å². The predicted octanol–water partition coefficient (Wildman–Crippen LogP) is 3.45. The van der Waals surface area contributed by atoms with Gasteiger partial charge < -0.3 is 10.2 Å². The van der Waals surface area contributed by atoms with Crippen LogP contribution in [-0.4, -0.2) is 36.7 Å². The van der Waals surface area contributed by atoms with Crippen molar-refractivity contribution in [3.63, 3.8) is 0 Å². The molecule has 0 atom stereocenters. The van der Waals surface area contributed by atoms with Crippen LogP contribution >= 0.6 is 0 Å². The summed E-state index contributed by atoms with van der Waals surface area (Å²) >= 11 is 0. The third kappa shape index (κ3) is 4.02. The fraction of sp³-hybridized carbons (Fsp3) is 0.263. The van der Waals surface area contributed by atoms with Crippen molar-refractivity contribution < 1.29 is 13.6 Å². The first-order valence-electron chi connectivity index (χ1n) is 8.11. The van der Waals surface area contributed by atoms with Crippen LogP contribution in [0.2, 0.25) is 0 Å². The van der Waals surface area contributed by atoms with Crippen LogP contribution in [0, 0.1) is 11.6 Å². The van der Waals surface area contributed by atoms with E-state index >= 15 is 0 Å². The highest BCUT2D eigenvalue weighted by Crippen LogP contribution is 2.27. The number of halogens is 2. The van der Waals surface area contributed by atoms with Crippen molar-refractivity contribution in [2.45, 2.75) is 13.3 Å². The van der Waals surface area contributed by atoms with Crippen molar-refractivity contribution in [1.29, 1.82) is 0 Å². The average molecular weight is 343 g/mol. The van der Waals surface area contributed by atoms with Gasteiger partial charge in [-0.2, -0.15) is 0 Å². The van der Waals surface area contributed by atoms with Gasteiger partial charge in [-0.15, -0.1) is 0 Å². The Balaban J connectivity index is 1.74. The molecule has 25 heavy (non-hydrogen) atoms. The molecular weight excluding hydrogens is 324 g/mol. The van der Waals surface area contributed by atoms with E-state index in [1.807, 2.05) is 30.1 Å². The molecule has 0 saturated heterocycles. The number of rotatable bonds is 4. The molecule has 0 radical (unpaired) electrons. The fourth-order valence-corrected chi connectivity index (χ4v) is 3.01. The average Bonchev–Trinajstić information content (AvgIpc) is 2.58. The zero-order valence-electron chi connectivity index (χ0n) is 13.9. The first-order chi connectivity index (χ1) is 12.0. The van der Waals surface area contributed by atoms with E-state index in [0.29, 0.717) is 6.54 Å². The normalized spacial score (nSPS) is 16.9. The molecule has 2 heterocycles. The molecule has 1 aromatic carbocycles. The minimum absolute atomic E-state index is 0.0229. The van der Waals surface area contributed by atoms with Crippen LogP contribution in [0.4, 0.5) is 14.5 Å². The van der Waals surface area contributed by atoms with Crippen LogP contribution in [0.1, 0.15) is 13.3 Å². The van der Waals surface area contributed by atoms with Gasteiger partial charge in [0.25, 0.3) is 0 Å². The van der Waals surface area contributed by atoms with Crippen molar-refractivity contribution in [2.75, 3.05) is 25.0 Å². The summed E-state index contributed by atoms with van der Waals surface area (Å²) in [6.45, 7) is 3.41. The lowest BCUT2D eigenvalue weighted by Gasteiger charge is -2.31. The number of hydrogen-bond acceptors (Lipinski definition) is 3. The molecule has 0 aromatic heterocycles. The van der Waals surface area contributed by atoms with Gasteiger partial charge in [0.15, 0.2) is 0 Å². The molecule has 2 aliphatic heterocycles. The van der Waals surface area contributed by atoms with Crippen LogP contribution in [0.3, 0.4) is 0 Å². The lowest BCUT2D eigenvalue weighted by Crippen LogP contribution is -2.35. The maximum Gasteiger partial charge on any atom is 0.243 e. The highest BCUT2D eigenvalue weighted by molar-refractivity contribution is 5.92. The third-order valence-corrected chi connectivity index (χ3v) is 4.12. The summed E-state index contributed by atoms with van der Waals surface area (Å²) in [5, 5.41) is 2.51. The van der Waals surface area contributed by atoms with E-state index in [1.54, 1.807) is 6.21 Å². The number of benzene rings is 1. The zero-order valence-corrected chi connectivity index (χ0v) is 13.9. The van der Waals surface area contributed by atoms with Crippen molar-refractivity contribution in [3.8, 4) is 0 Å². The molecule has 1 aromatic rings. The molecule has 0 spiro atoms. The SMILES string of the molecule is CC1=C(C2=CC=NCC2)N(CC(=O)Nc2ccc(F)cc2F)CC=C1. The number of hydrogen-bond donors (Lipinski definition) is 1. The number of nitrogens with zero attached hydrogens (tertiary/aromatic N) is 2. The number of aliphatic imine (C=N–C) groups is 1. The first kappa shape index (κ1) is 17.1. The van der Waals surface area contributed by atoms with Crippen molar-refractivity contribution in [3.05, 3.63) is 64.9 Å². The minimum atomic E-state index is -0.787. The zero-order chi connectivity index (χ0) is 17.8. The van der Waals surface area contributed by atoms with Crippen LogP contribution in [0.5, 0.6) is 0 Å². The molecule has 1 N–H and O–H groups in total. The van der Waals surface area contributed by atoms with Crippen LogP contribution in [-0.2, 0) is 4.79 Å². The quantitative estimate of drug-likeness (QED) is 0.910. The Bertz CT molecular complexity index is 809. The van der Waals surface area contributed by atoms with E-state index in [9.17, 15) is 13.6 Å². The molecule has 0 fully saturated rings. The highest BCUT2D eigenvalue weighted by atomic mass is 19.1. The summed E-state index contributed by atoms with van der Waals surface area (Å²) in [6.07, 6.45) is 8.59. The summed E-state index contributed by atoms with van der Waals surface area (Å²) in [5.41, 5.74) is 3.21. The first-order valence-corrected chi connectivity index (χ1v) is 8.11. The molecule has 0 bridgehead atoms. The molecule has 1 amide bonds. The van der Waals surface area contributed by atoms with E-state index in [1.165, 1.54) is 6.07 Å². The Labute approximate surface area is 145 Å². The monoisotopic (exact) mass is 343 g/mol. The predicted molar refractivity (Wildman–Crippen MR) is 94.5 cm³/mol. The summed E-state index contributed by atoms with van der Waals surface area (Å²) in [6, 6.07) is 3.09. The molecule has 2 aliphatic rings. The van der Waals surface area contributed by atoms with Crippen molar-refractivity contribution >= 4 is 17.8 Å². The second-order valence-electron chi connectivity index (χ2n) is 5.98. The highest BCUT2D eigenvalue weighted by Gasteiger charge is 2.21. The van der Waals surface area contributed by atoms with Crippen molar-refractivity contribution in [2.24, 2.45) is 4.99 Å². The van der Waals surface area contributed by atoms with Gasteiger partial charge in [0, 0.05) is 31.1 Å². The topological polar surface area (TPSA) is 44.7 Å². The molecule has 4 nitrogen and oxygen atoms in total. The minimum Gasteiger partial charge on any atom is -0.358 e. The molecule has 130 valence electrons. The number of carbonyl (C=O) groups excluding carboxylic acids is 1. The number of anilines is 1. The van der Waals surface area contributed by atoms with Crippen LogP contribution < -0.4 is 5.32 Å². The number of carbonyl (C=O) groups is 1. The second-order valence-corrected chi connectivity index (χ2v) is 5.98. The standard InChI is InChI=1S/C19H19F2N3O/c1-13-3-2-10-24(19(13)14-6-8-22-9-7-14)12-18(25)23-17-5-4-15(20)11-16(17)21/h2-6,8,11H,7,9-10,12H2,1H3,(H,23,25). The largest absolute Gasteiger partial charge is 0.358 e. The molecule has 6 heteroatoms. The lowest BCUT2D eigenvalue weighted by atomic mass is 9.99. The van der Waals surface area contributed by atoms with E-state index < -0.39 is 11.6 Å². The van der Waals surface area contributed by atoms with E-state index in [2.05, 4.69) is 10.3 Å². The smallest absolute Gasteiger partial charge is 0.243 e. The van der Waals surface area contributed by atoms with E-state index in [4.69, 9.17) is 0 Å². The maximum atomic E-state index is 13.7.